The first-order chi connectivity index (χ1) is 17.6. The largest absolute Gasteiger partial charge is 0.490 e. The Morgan fingerprint density at radius 1 is 0.838 bits per heavy atom. The molecule has 3 aromatic carbocycles. The van der Waals surface area contributed by atoms with Gasteiger partial charge >= 0.3 is 12.1 Å². The number of halogens is 3. The molecule has 0 aliphatic heterocycles. The first-order valence-electron chi connectivity index (χ1n) is 12.1. The molecule has 0 aromatic heterocycles. The first-order valence-corrected chi connectivity index (χ1v) is 12.1. The zero-order valence-corrected chi connectivity index (χ0v) is 21.4. The predicted molar refractivity (Wildman–Crippen MR) is 138 cm³/mol. The van der Waals surface area contributed by atoms with Gasteiger partial charge in [-0.25, -0.2) is 4.79 Å². The van der Waals surface area contributed by atoms with Crippen LogP contribution in [0, 0.1) is 0 Å². The van der Waals surface area contributed by atoms with Crippen LogP contribution in [0.5, 0.6) is 11.5 Å². The summed E-state index contributed by atoms with van der Waals surface area (Å²) in [6.07, 6.45) is -1.92. The van der Waals surface area contributed by atoms with E-state index in [1.807, 2.05) is 44.2 Å². The van der Waals surface area contributed by atoms with Gasteiger partial charge in [-0.05, 0) is 91.9 Å². The summed E-state index contributed by atoms with van der Waals surface area (Å²) >= 11 is 0. The van der Waals surface area contributed by atoms with Gasteiger partial charge in [0.2, 0.25) is 5.60 Å². The summed E-state index contributed by atoms with van der Waals surface area (Å²) in [6, 6.07) is 19.8. The highest BCUT2D eigenvalue weighted by Crippen LogP contribution is 2.31. The van der Waals surface area contributed by atoms with Crippen LogP contribution in [-0.4, -0.2) is 24.8 Å². The number of carbonyl (C=O) groups excluding carboxylic acids is 1. The van der Waals surface area contributed by atoms with Gasteiger partial charge in [0.05, 0.1) is 12.2 Å². The Hall–Kier alpha value is -3.74. The number of esters is 1. The van der Waals surface area contributed by atoms with Gasteiger partial charge in [-0.3, -0.25) is 0 Å². The van der Waals surface area contributed by atoms with Crippen LogP contribution in [0.4, 0.5) is 13.2 Å². The second kappa shape index (κ2) is 12.0. The third-order valence-corrected chi connectivity index (χ3v) is 6.07. The van der Waals surface area contributed by atoms with Crippen molar-refractivity contribution in [3.05, 3.63) is 90.0 Å². The second-order valence-electron chi connectivity index (χ2n) is 8.73. The van der Waals surface area contributed by atoms with Gasteiger partial charge in [0.15, 0.2) is 0 Å². The van der Waals surface area contributed by atoms with Gasteiger partial charge in [0, 0.05) is 0 Å². The van der Waals surface area contributed by atoms with Crippen molar-refractivity contribution in [1.82, 2.24) is 0 Å². The van der Waals surface area contributed by atoms with Crippen molar-refractivity contribution in [2.45, 2.75) is 45.9 Å². The topological polar surface area (TPSA) is 44.8 Å². The molecule has 3 aromatic rings. The van der Waals surface area contributed by atoms with E-state index in [2.05, 4.69) is 0 Å². The van der Waals surface area contributed by atoms with E-state index in [0.29, 0.717) is 31.1 Å². The highest BCUT2D eigenvalue weighted by atomic mass is 19.4. The van der Waals surface area contributed by atoms with E-state index < -0.39 is 23.3 Å². The number of alkyl halides is 3. The molecule has 7 heteroatoms. The van der Waals surface area contributed by atoms with E-state index in [1.165, 1.54) is 12.1 Å². The third-order valence-electron chi connectivity index (χ3n) is 6.07. The molecule has 0 heterocycles. The standard InChI is InChI=1S/C30H31F3O4/c1-5-29(4,28(34)35-6-2)37-27-17-15-26(16-18-27)36-20-19-21(3)22-7-9-23(10-8-22)24-11-13-25(14-12-24)30(31,32)33/h7-19H,5-6,20H2,1-4H3. The average molecular weight is 513 g/mol. The van der Waals surface area contributed by atoms with E-state index >= 15 is 0 Å². The lowest BCUT2D eigenvalue weighted by molar-refractivity contribution is -0.160. The minimum Gasteiger partial charge on any atom is -0.490 e. The van der Waals surface area contributed by atoms with Crippen molar-refractivity contribution in [2.24, 2.45) is 0 Å². The molecule has 0 saturated heterocycles. The Morgan fingerprint density at radius 3 is 1.89 bits per heavy atom. The molecule has 1 unspecified atom stereocenters. The maximum atomic E-state index is 12.8. The highest BCUT2D eigenvalue weighted by Gasteiger charge is 2.35. The summed E-state index contributed by atoms with van der Waals surface area (Å²) in [5, 5.41) is 0. The fourth-order valence-corrected chi connectivity index (χ4v) is 3.56. The van der Waals surface area contributed by atoms with Gasteiger partial charge in [-0.1, -0.05) is 43.3 Å². The lowest BCUT2D eigenvalue weighted by Crippen LogP contribution is -2.42. The van der Waals surface area contributed by atoms with Crippen LogP contribution < -0.4 is 9.47 Å². The Bertz CT molecular complexity index is 1200. The molecular weight excluding hydrogens is 481 g/mol. The molecule has 196 valence electrons. The van der Waals surface area contributed by atoms with Crippen molar-refractivity contribution < 1.29 is 32.2 Å². The van der Waals surface area contributed by atoms with Gasteiger partial charge < -0.3 is 14.2 Å². The molecule has 0 spiro atoms. The molecule has 0 N–H and O–H groups in total. The van der Waals surface area contributed by atoms with Crippen LogP contribution in [-0.2, 0) is 15.7 Å². The number of hydrogen-bond donors (Lipinski definition) is 0. The SMILES string of the molecule is CCOC(=O)C(C)(CC)Oc1ccc(OCC=C(C)c2ccc(-c3ccc(C(F)(F)F)cc3)cc2)cc1. The molecule has 0 aliphatic carbocycles. The van der Waals surface area contributed by atoms with Crippen LogP contribution in [0.1, 0.15) is 45.2 Å². The summed E-state index contributed by atoms with van der Waals surface area (Å²) in [6.45, 7) is 7.94. The number of rotatable bonds is 10. The second-order valence-corrected chi connectivity index (χ2v) is 8.73. The first kappa shape index (κ1) is 27.8. The minimum atomic E-state index is -4.34. The van der Waals surface area contributed by atoms with Crippen LogP contribution in [0.2, 0.25) is 0 Å². The molecule has 37 heavy (non-hydrogen) atoms. The highest BCUT2D eigenvalue weighted by molar-refractivity contribution is 5.79. The summed E-state index contributed by atoms with van der Waals surface area (Å²) in [7, 11) is 0. The zero-order valence-electron chi connectivity index (χ0n) is 21.4. The summed E-state index contributed by atoms with van der Waals surface area (Å²) in [4.78, 5) is 12.2. The Labute approximate surface area is 215 Å². The van der Waals surface area contributed by atoms with Crippen LogP contribution in [0.15, 0.2) is 78.9 Å². The lowest BCUT2D eigenvalue weighted by atomic mass is 10.00. The number of carbonyl (C=O) groups is 1. The summed E-state index contributed by atoms with van der Waals surface area (Å²) < 4.78 is 55.2. The van der Waals surface area contributed by atoms with Crippen molar-refractivity contribution >= 4 is 11.5 Å². The van der Waals surface area contributed by atoms with Crippen molar-refractivity contribution in [3.63, 3.8) is 0 Å². The fourth-order valence-electron chi connectivity index (χ4n) is 3.56. The Kier molecular flexibility index (Phi) is 9.03. The fraction of sp³-hybridized carbons (Fsp3) is 0.300. The average Bonchev–Trinajstić information content (AvgIpc) is 2.89. The molecule has 4 nitrogen and oxygen atoms in total. The van der Waals surface area contributed by atoms with Crippen molar-refractivity contribution in [1.29, 1.82) is 0 Å². The quantitative estimate of drug-likeness (QED) is 0.259. The monoisotopic (exact) mass is 512 g/mol. The van der Waals surface area contributed by atoms with Crippen molar-refractivity contribution in [3.8, 4) is 22.6 Å². The Morgan fingerprint density at radius 2 is 1.38 bits per heavy atom. The van der Waals surface area contributed by atoms with E-state index in [1.54, 1.807) is 38.1 Å². The molecule has 0 amide bonds. The van der Waals surface area contributed by atoms with Gasteiger partial charge in [-0.2, -0.15) is 13.2 Å². The smallest absolute Gasteiger partial charge is 0.416 e. The van der Waals surface area contributed by atoms with Gasteiger partial charge in [0.1, 0.15) is 18.1 Å². The number of ether oxygens (including phenoxy) is 3. The molecular formula is C30H31F3O4. The Balaban J connectivity index is 1.57. The predicted octanol–water partition coefficient (Wildman–Crippen LogP) is 7.97. The summed E-state index contributed by atoms with van der Waals surface area (Å²) in [5.41, 5.74) is 1.84. The molecule has 0 radical (unpaired) electrons. The van der Waals surface area contributed by atoms with Crippen LogP contribution >= 0.6 is 0 Å². The van der Waals surface area contributed by atoms with Crippen LogP contribution in [0.25, 0.3) is 16.7 Å². The molecule has 3 rings (SSSR count). The number of benzene rings is 3. The normalized spacial score (nSPS) is 13.5. The van der Waals surface area contributed by atoms with Crippen LogP contribution in [0.3, 0.4) is 0 Å². The number of allylic oxidation sites excluding steroid dienone is 1. The molecule has 0 bridgehead atoms. The lowest BCUT2D eigenvalue weighted by Gasteiger charge is -2.27. The minimum absolute atomic E-state index is 0.292. The number of hydrogen-bond acceptors (Lipinski definition) is 4. The van der Waals surface area contributed by atoms with Gasteiger partial charge in [0.25, 0.3) is 0 Å². The maximum absolute atomic E-state index is 12.8. The molecule has 1 atom stereocenters. The van der Waals surface area contributed by atoms with E-state index in [-0.39, 0.29) is 0 Å². The van der Waals surface area contributed by atoms with E-state index in [4.69, 9.17) is 14.2 Å². The maximum Gasteiger partial charge on any atom is 0.416 e. The third kappa shape index (κ3) is 7.38. The zero-order chi connectivity index (χ0) is 27.1. The molecule has 0 saturated carbocycles. The van der Waals surface area contributed by atoms with E-state index in [9.17, 15) is 18.0 Å². The summed E-state index contributed by atoms with van der Waals surface area (Å²) in [5.74, 6) is 0.804. The van der Waals surface area contributed by atoms with Crippen molar-refractivity contribution in [2.75, 3.05) is 13.2 Å². The van der Waals surface area contributed by atoms with Gasteiger partial charge in [-0.15, -0.1) is 0 Å². The molecule has 0 fully saturated rings. The molecule has 0 aliphatic rings. The van der Waals surface area contributed by atoms with E-state index in [0.717, 1.165) is 34.4 Å².